The van der Waals surface area contributed by atoms with Crippen LogP contribution in [0, 0.1) is 27.9 Å². The third-order valence-corrected chi connectivity index (χ3v) is 9.21. The van der Waals surface area contributed by atoms with E-state index >= 15 is 0 Å². The SMILES string of the molecule is CCCCCCCC(=O)CC[C@@H]1[C@@H](CC=CCCCC(=O)OCCCN2CCC(CCCO[N+](=O)[O-])CC2)[C@@H](O)C[C@H]1O. The summed E-state index contributed by atoms with van der Waals surface area (Å²) in [7, 11) is 0. The average molecular weight is 611 g/mol. The molecule has 1 heterocycles. The number of unbranched alkanes of at least 4 members (excludes halogenated alkanes) is 5. The number of Topliss-reactive ketones (excluding diaryl/α,β-unsaturated/α-hetero) is 1. The summed E-state index contributed by atoms with van der Waals surface area (Å²) in [6, 6.07) is 0. The summed E-state index contributed by atoms with van der Waals surface area (Å²) in [5.74, 6) is 0.611. The van der Waals surface area contributed by atoms with Gasteiger partial charge in [-0.2, -0.15) is 0 Å². The van der Waals surface area contributed by atoms with Gasteiger partial charge in [0.1, 0.15) is 5.78 Å². The monoisotopic (exact) mass is 610 g/mol. The molecule has 248 valence electrons. The molecule has 43 heavy (non-hydrogen) atoms. The number of allylic oxidation sites excluding steroid dienone is 2. The summed E-state index contributed by atoms with van der Waals surface area (Å²) in [6.45, 7) is 5.71. The quantitative estimate of drug-likeness (QED) is 0.0456. The predicted octanol–water partition coefficient (Wildman–Crippen LogP) is 5.80. The lowest BCUT2D eigenvalue weighted by molar-refractivity contribution is -0.757. The highest BCUT2D eigenvalue weighted by atomic mass is 16.9. The molecule has 0 bridgehead atoms. The molecule has 0 unspecified atom stereocenters. The fraction of sp³-hybridized carbons (Fsp3) is 0.879. The zero-order valence-corrected chi connectivity index (χ0v) is 26.5. The standard InChI is InChI=1S/C33H58N2O8/c1-2-3-4-5-8-14-28(36)17-18-30-29(31(37)26-32(30)38)15-9-6-7-10-16-33(39)42-24-12-21-34-22-19-27(20-23-34)13-11-25-43-35(40)41/h6,9,27,29-32,37-38H,2-5,7-8,10-26H2,1H3/t29-,30-,31+,32-/m1/s1. The highest BCUT2D eigenvalue weighted by Crippen LogP contribution is 2.38. The number of hydrogen-bond donors (Lipinski definition) is 2. The lowest BCUT2D eigenvalue weighted by Crippen LogP contribution is -2.35. The van der Waals surface area contributed by atoms with Crippen molar-refractivity contribution >= 4 is 11.8 Å². The number of carbonyl (C=O) groups is 2. The Balaban J connectivity index is 1.50. The topological polar surface area (TPSA) is 139 Å². The molecule has 4 atom stereocenters. The van der Waals surface area contributed by atoms with Crippen LogP contribution in [0.5, 0.6) is 0 Å². The molecule has 1 aliphatic heterocycles. The molecule has 1 aliphatic carbocycles. The lowest BCUT2D eigenvalue weighted by atomic mass is 9.86. The molecule has 1 saturated carbocycles. The van der Waals surface area contributed by atoms with Gasteiger partial charge in [0.05, 0.1) is 25.4 Å². The molecule has 0 radical (unpaired) electrons. The predicted molar refractivity (Wildman–Crippen MR) is 166 cm³/mol. The van der Waals surface area contributed by atoms with E-state index in [0.29, 0.717) is 63.9 Å². The summed E-state index contributed by atoms with van der Waals surface area (Å²) < 4.78 is 5.41. The molecule has 10 heteroatoms. The van der Waals surface area contributed by atoms with Crippen LogP contribution in [0.4, 0.5) is 0 Å². The van der Waals surface area contributed by atoms with Gasteiger partial charge in [0.2, 0.25) is 0 Å². The van der Waals surface area contributed by atoms with Crippen LogP contribution in [0.1, 0.15) is 122 Å². The van der Waals surface area contributed by atoms with E-state index in [-0.39, 0.29) is 30.2 Å². The first kappa shape index (κ1) is 37.1. The number of hydrogen-bond acceptors (Lipinski definition) is 9. The van der Waals surface area contributed by atoms with Crippen LogP contribution in [-0.2, 0) is 19.2 Å². The van der Waals surface area contributed by atoms with Gasteiger partial charge in [0.15, 0.2) is 0 Å². The van der Waals surface area contributed by atoms with Crippen molar-refractivity contribution in [1.82, 2.24) is 4.90 Å². The van der Waals surface area contributed by atoms with Crippen LogP contribution in [0.2, 0.25) is 0 Å². The Bertz CT molecular complexity index is 815. The lowest BCUT2D eigenvalue weighted by Gasteiger charge is -2.31. The van der Waals surface area contributed by atoms with Gasteiger partial charge in [-0.25, -0.2) is 0 Å². The second kappa shape index (κ2) is 22.5. The van der Waals surface area contributed by atoms with Crippen molar-refractivity contribution in [2.75, 3.05) is 32.8 Å². The van der Waals surface area contributed by atoms with E-state index in [1.807, 2.05) is 12.2 Å². The number of aliphatic hydroxyl groups excluding tert-OH is 2. The molecule has 0 amide bonds. The molecule has 10 nitrogen and oxygen atoms in total. The van der Waals surface area contributed by atoms with Crippen LogP contribution >= 0.6 is 0 Å². The average Bonchev–Trinajstić information content (AvgIpc) is 3.25. The van der Waals surface area contributed by atoms with Gasteiger partial charge in [-0.1, -0.05) is 44.8 Å². The Kier molecular flexibility index (Phi) is 19.4. The number of aliphatic hydroxyl groups is 2. The van der Waals surface area contributed by atoms with Gasteiger partial charge in [-0.15, -0.1) is 10.1 Å². The molecule has 0 aromatic heterocycles. The number of nitrogens with zero attached hydrogens (tertiary/aromatic N) is 2. The number of carbonyl (C=O) groups excluding carboxylic acids is 2. The van der Waals surface area contributed by atoms with Crippen molar-refractivity contribution in [2.24, 2.45) is 17.8 Å². The Hall–Kier alpha value is -2.04. The molecule has 2 aliphatic rings. The smallest absolute Gasteiger partial charge is 0.305 e. The minimum absolute atomic E-state index is 0.0327. The van der Waals surface area contributed by atoms with E-state index in [4.69, 9.17) is 4.74 Å². The van der Waals surface area contributed by atoms with Crippen LogP contribution in [0.15, 0.2) is 12.2 Å². The number of ether oxygens (including phenoxy) is 1. The number of ketones is 1. The van der Waals surface area contributed by atoms with Crippen molar-refractivity contribution in [2.45, 2.75) is 135 Å². The van der Waals surface area contributed by atoms with Crippen LogP contribution in [0.25, 0.3) is 0 Å². The zero-order chi connectivity index (χ0) is 31.3. The van der Waals surface area contributed by atoms with Gasteiger partial charge < -0.3 is 24.7 Å². The van der Waals surface area contributed by atoms with E-state index < -0.39 is 17.3 Å². The molecule has 2 fully saturated rings. The van der Waals surface area contributed by atoms with E-state index in [2.05, 4.69) is 16.7 Å². The Morgan fingerprint density at radius 1 is 0.884 bits per heavy atom. The van der Waals surface area contributed by atoms with E-state index in [1.165, 1.54) is 19.3 Å². The Labute approximate surface area is 258 Å². The van der Waals surface area contributed by atoms with E-state index in [9.17, 15) is 29.9 Å². The van der Waals surface area contributed by atoms with Crippen molar-refractivity contribution in [3.8, 4) is 0 Å². The number of esters is 1. The van der Waals surface area contributed by atoms with Crippen LogP contribution in [0.3, 0.4) is 0 Å². The first-order valence-corrected chi connectivity index (χ1v) is 17.0. The Morgan fingerprint density at radius 2 is 1.63 bits per heavy atom. The summed E-state index contributed by atoms with van der Waals surface area (Å²) in [6.07, 6.45) is 17.9. The van der Waals surface area contributed by atoms with E-state index in [1.54, 1.807) is 0 Å². The van der Waals surface area contributed by atoms with Gasteiger partial charge >= 0.3 is 5.97 Å². The molecule has 0 aromatic carbocycles. The highest BCUT2D eigenvalue weighted by molar-refractivity contribution is 5.78. The third-order valence-electron chi connectivity index (χ3n) is 9.21. The summed E-state index contributed by atoms with van der Waals surface area (Å²) in [5, 5.41) is 30.4. The molecule has 0 spiro atoms. The number of rotatable bonds is 24. The molecule has 1 saturated heterocycles. The van der Waals surface area contributed by atoms with Crippen LogP contribution < -0.4 is 0 Å². The fourth-order valence-corrected chi connectivity index (χ4v) is 6.58. The minimum Gasteiger partial charge on any atom is -0.466 e. The van der Waals surface area contributed by atoms with E-state index in [0.717, 1.165) is 64.6 Å². The largest absolute Gasteiger partial charge is 0.466 e. The maximum Gasteiger partial charge on any atom is 0.305 e. The molecule has 0 aromatic rings. The van der Waals surface area contributed by atoms with Gasteiger partial charge in [0, 0.05) is 25.8 Å². The van der Waals surface area contributed by atoms with Crippen molar-refractivity contribution < 1.29 is 34.5 Å². The third kappa shape index (κ3) is 16.6. The Morgan fingerprint density at radius 3 is 2.37 bits per heavy atom. The molecular weight excluding hydrogens is 552 g/mol. The first-order chi connectivity index (χ1) is 20.8. The van der Waals surface area contributed by atoms with Gasteiger partial charge in [0.25, 0.3) is 5.09 Å². The van der Waals surface area contributed by atoms with Crippen LogP contribution in [-0.4, -0.2) is 77.0 Å². The molecule has 2 N–H and O–H groups in total. The first-order valence-electron chi connectivity index (χ1n) is 17.0. The maximum atomic E-state index is 12.3. The zero-order valence-electron chi connectivity index (χ0n) is 26.5. The molecule has 2 rings (SSSR count). The van der Waals surface area contributed by atoms with Crippen molar-refractivity contribution in [1.29, 1.82) is 0 Å². The maximum absolute atomic E-state index is 12.3. The number of likely N-dealkylation sites (tertiary alicyclic amines) is 1. The second-order valence-electron chi connectivity index (χ2n) is 12.6. The summed E-state index contributed by atoms with van der Waals surface area (Å²) >= 11 is 0. The highest BCUT2D eigenvalue weighted by Gasteiger charge is 2.40. The summed E-state index contributed by atoms with van der Waals surface area (Å²) in [5.41, 5.74) is 0. The molecular formula is C33H58N2O8. The summed E-state index contributed by atoms with van der Waals surface area (Å²) in [4.78, 5) is 41.4. The second-order valence-corrected chi connectivity index (χ2v) is 12.6. The van der Waals surface area contributed by atoms with Gasteiger partial charge in [-0.05, 0) is 101 Å². The minimum atomic E-state index is -0.733. The van der Waals surface area contributed by atoms with Crippen molar-refractivity contribution in [3.63, 3.8) is 0 Å². The fourth-order valence-electron chi connectivity index (χ4n) is 6.58. The number of piperidine rings is 1. The van der Waals surface area contributed by atoms with Crippen molar-refractivity contribution in [3.05, 3.63) is 22.3 Å². The van der Waals surface area contributed by atoms with Gasteiger partial charge in [-0.3, -0.25) is 9.59 Å². The normalized spacial score (nSPS) is 23.1.